The van der Waals surface area contributed by atoms with Gasteiger partial charge in [-0.25, -0.2) is 9.78 Å². The van der Waals surface area contributed by atoms with Crippen LogP contribution in [0, 0.1) is 0 Å². The fraction of sp³-hybridized carbons (Fsp3) is 0.0588. The zero-order valence-corrected chi connectivity index (χ0v) is 12.1. The number of hydrogen-bond acceptors (Lipinski definition) is 4. The van der Waals surface area contributed by atoms with Crippen molar-refractivity contribution in [3.63, 3.8) is 0 Å². The van der Waals surface area contributed by atoms with Crippen LogP contribution in [0.4, 0.5) is 8.78 Å². The van der Waals surface area contributed by atoms with Crippen molar-refractivity contribution < 1.29 is 27.8 Å². The highest BCUT2D eigenvalue weighted by atomic mass is 19.3. The standard InChI is InChI=1S/C17H11F2NO4/c18-17(19)24-13-6-4-10(5-7-13)14-9-23-15(20-14)11-2-1-3-12(8-11)16(21)22/h1-9,17H,(H,21,22). The molecule has 0 radical (unpaired) electrons. The first-order valence-electron chi connectivity index (χ1n) is 6.87. The number of aromatic carboxylic acids is 1. The summed E-state index contributed by atoms with van der Waals surface area (Å²) in [4.78, 5) is 15.3. The molecule has 0 aliphatic rings. The zero-order chi connectivity index (χ0) is 17.1. The average molecular weight is 331 g/mol. The molecule has 5 nitrogen and oxygen atoms in total. The van der Waals surface area contributed by atoms with E-state index in [4.69, 9.17) is 9.52 Å². The Labute approximate surface area is 135 Å². The SMILES string of the molecule is O=C(O)c1cccc(-c2nc(-c3ccc(OC(F)F)cc3)co2)c1. The maximum Gasteiger partial charge on any atom is 0.387 e. The minimum Gasteiger partial charge on any atom is -0.478 e. The molecule has 2 aromatic carbocycles. The lowest BCUT2D eigenvalue weighted by molar-refractivity contribution is -0.0498. The van der Waals surface area contributed by atoms with Gasteiger partial charge in [-0.05, 0) is 42.5 Å². The lowest BCUT2D eigenvalue weighted by Gasteiger charge is -2.04. The summed E-state index contributed by atoms with van der Waals surface area (Å²) in [5.41, 5.74) is 1.80. The Balaban J connectivity index is 1.85. The zero-order valence-electron chi connectivity index (χ0n) is 12.1. The Kier molecular flexibility index (Phi) is 4.24. The largest absolute Gasteiger partial charge is 0.478 e. The van der Waals surface area contributed by atoms with Gasteiger partial charge < -0.3 is 14.3 Å². The van der Waals surface area contributed by atoms with Crippen LogP contribution in [0.1, 0.15) is 10.4 Å². The highest BCUT2D eigenvalue weighted by Crippen LogP contribution is 2.27. The molecule has 0 amide bonds. The van der Waals surface area contributed by atoms with E-state index in [2.05, 4.69) is 9.72 Å². The van der Waals surface area contributed by atoms with Gasteiger partial charge in [-0.15, -0.1) is 0 Å². The van der Waals surface area contributed by atoms with E-state index < -0.39 is 12.6 Å². The number of nitrogens with zero attached hydrogens (tertiary/aromatic N) is 1. The number of carboxylic acid groups (broad SMARTS) is 1. The van der Waals surface area contributed by atoms with Crippen LogP contribution in [-0.2, 0) is 0 Å². The minimum absolute atomic E-state index is 0.0478. The van der Waals surface area contributed by atoms with Crippen molar-refractivity contribution in [3.8, 4) is 28.5 Å². The van der Waals surface area contributed by atoms with Gasteiger partial charge in [0.05, 0.1) is 5.56 Å². The number of oxazole rings is 1. The highest BCUT2D eigenvalue weighted by Gasteiger charge is 2.11. The first-order chi connectivity index (χ1) is 11.5. The molecule has 3 aromatic rings. The van der Waals surface area contributed by atoms with E-state index >= 15 is 0 Å². The van der Waals surface area contributed by atoms with E-state index in [1.807, 2.05) is 0 Å². The average Bonchev–Trinajstić information content (AvgIpc) is 3.05. The molecule has 7 heteroatoms. The van der Waals surface area contributed by atoms with Crippen molar-refractivity contribution in [3.05, 3.63) is 60.4 Å². The van der Waals surface area contributed by atoms with E-state index in [1.165, 1.54) is 30.5 Å². The van der Waals surface area contributed by atoms with E-state index in [-0.39, 0.29) is 17.2 Å². The summed E-state index contributed by atoms with van der Waals surface area (Å²) in [6, 6.07) is 12.2. The molecule has 122 valence electrons. The quantitative estimate of drug-likeness (QED) is 0.754. The molecule has 0 atom stereocenters. The number of rotatable bonds is 5. The third-order valence-corrected chi connectivity index (χ3v) is 3.24. The maximum atomic E-state index is 12.1. The van der Waals surface area contributed by atoms with Gasteiger partial charge in [0.25, 0.3) is 0 Å². The van der Waals surface area contributed by atoms with Crippen molar-refractivity contribution in [1.82, 2.24) is 4.98 Å². The first-order valence-corrected chi connectivity index (χ1v) is 6.87. The second-order valence-electron chi connectivity index (χ2n) is 4.83. The van der Waals surface area contributed by atoms with Gasteiger partial charge in [-0.1, -0.05) is 6.07 Å². The summed E-state index contributed by atoms with van der Waals surface area (Å²) >= 11 is 0. The molecular weight excluding hydrogens is 320 g/mol. The van der Waals surface area contributed by atoms with Crippen LogP contribution in [0.5, 0.6) is 5.75 Å². The Hall–Kier alpha value is -3.22. The third-order valence-electron chi connectivity index (χ3n) is 3.24. The molecule has 3 rings (SSSR count). The number of carbonyl (C=O) groups is 1. The highest BCUT2D eigenvalue weighted by molar-refractivity contribution is 5.89. The Bertz CT molecular complexity index is 859. The van der Waals surface area contributed by atoms with Crippen LogP contribution >= 0.6 is 0 Å². The summed E-state index contributed by atoms with van der Waals surface area (Å²) in [7, 11) is 0. The normalized spacial score (nSPS) is 10.8. The van der Waals surface area contributed by atoms with Crippen LogP contribution in [0.15, 0.2) is 59.2 Å². The third kappa shape index (κ3) is 3.40. The number of halogens is 2. The molecule has 0 unspecified atom stereocenters. The van der Waals surface area contributed by atoms with Gasteiger partial charge in [0.15, 0.2) is 0 Å². The molecule has 1 N–H and O–H groups in total. The second-order valence-corrected chi connectivity index (χ2v) is 4.83. The van der Waals surface area contributed by atoms with E-state index in [0.717, 1.165) is 0 Å². The molecule has 0 fully saturated rings. The topological polar surface area (TPSA) is 72.6 Å². The van der Waals surface area contributed by atoms with Crippen molar-refractivity contribution in [2.75, 3.05) is 0 Å². The summed E-state index contributed by atoms with van der Waals surface area (Å²) in [6.45, 7) is -2.88. The molecule has 1 heterocycles. The van der Waals surface area contributed by atoms with Crippen molar-refractivity contribution >= 4 is 5.97 Å². The first kappa shape index (κ1) is 15.7. The summed E-state index contributed by atoms with van der Waals surface area (Å²) in [5, 5.41) is 9.01. The summed E-state index contributed by atoms with van der Waals surface area (Å²) in [5.74, 6) is -0.731. The van der Waals surface area contributed by atoms with E-state index in [9.17, 15) is 13.6 Å². The molecule has 24 heavy (non-hydrogen) atoms. The number of hydrogen-bond donors (Lipinski definition) is 1. The van der Waals surface area contributed by atoms with Gasteiger partial charge >= 0.3 is 12.6 Å². The number of benzene rings is 2. The van der Waals surface area contributed by atoms with Gasteiger partial charge in [-0.2, -0.15) is 8.78 Å². The maximum absolute atomic E-state index is 12.1. The fourth-order valence-electron chi connectivity index (χ4n) is 2.13. The van der Waals surface area contributed by atoms with Crippen molar-refractivity contribution in [1.29, 1.82) is 0 Å². The van der Waals surface area contributed by atoms with E-state index in [0.29, 0.717) is 16.8 Å². The molecule has 0 bridgehead atoms. The minimum atomic E-state index is -2.88. The van der Waals surface area contributed by atoms with Crippen LogP contribution in [0.25, 0.3) is 22.7 Å². The van der Waals surface area contributed by atoms with Crippen LogP contribution in [0.2, 0.25) is 0 Å². The van der Waals surface area contributed by atoms with Crippen molar-refractivity contribution in [2.24, 2.45) is 0 Å². The van der Waals surface area contributed by atoms with Crippen LogP contribution in [0.3, 0.4) is 0 Å². The Morgan fingerprint density at radius 2 is 1.88 bits per heavy atom. The second kappa shape index (κ2) is 6.49. The molecular formula is C17H11F2NO4. The lowest BCUT2D eigenvalue weighted by atomic mass is 10.1. The lowest BCUT2D eigenvalue weighted by Crippen LogP contribution is -2.01. The Morgan fingerprint density at radius 1 is 1.12 bits per heavy atom. The summed E-state index contributed by atoms with van der Waals surface area (Å²) in [6.07, 6.45) is 1.41. The van der Waals surface area contributed by atoms with E-state index in [1.54, 1.807) is 24.3 Å². The van der Waals surface area contributed by atoms with Gasteiger partial charge in [-0.3, -0.25) is 0 Å². The molecule has 0 aliphatic carbocycles. The monoisotopic (exact) mass is 331 g/mol. The van der Waals surface area contributed by atoms with Gasteiger partial charge in [0.2, 0.25) is 5.89 Å². The predicted octanol–water partition coefficient (Wildman–Crippen LogP) is 4.31. The number of ether oxygens (including phenoxy) is 1. The fourth-order valence-corrected chi connectivity index (χ4v) is 2.13. The van der Waals surface area contributed by atoms with Crippen LogP contribution in [-0.4, -0.2) is 22.7 Å². The predicted molar refractivity (Wildman–Crippen MR) is 81.0 cm³/mol. The Morgan fingerprint density at radius 3 is 2.54 bits per heavy atom. The number of aromatic nitrogens is 1. The smallest absolute Gasteiger partial charge is 0.387 e. The summed E-state index contributed by atoms with van der Waals surface area (Å²) < 4.78 is 33.9. The van der Waals surface area contributed by atoms with Gasteiger partial charge in [0, 0.05) is 11.1 Å². The molecule has 0 saturated heterocycles. The molecule has 0 saturated carbocycles. The van der Waals surface area contributed by atoms with Crippen LogP contribution < -0.4 is 4.74 Å². The van der Waals surface area contributed by atoms with Gasteiger partial charge in [0.1, 0.15) is 17.7 Å². The van der Waals surface area contributed by atoms with Crippen molar-refractivity contribution in [2.45, 2.75) is 6.61 Å². The molecule has 0 spiro atoms. The number of carboxylic acids is 1. The molecule has 1 aromatic heterocycles. The number of alkyl halides is 2. The molecule has 0 aliphatic heterocycles.